The highest BCUT2D eigenvalue weighted by atomic mass is 28.3. The summed E-state index contributed by atoms with van der Waals surface area (Å²) < 4.78 is 94.6. The second kappa shape index (κ2) is 10.5. The zero-order chi connectivity index (χ0) is 30.6. The van der Waals surface area contributed by atoms with Gasteiger partial charge in [-0.1, -0.05) is 30.3 Å². The molecule has 2 nitrogen and oxygen atoms in total. The molecule has 0 aliphatic carbocycles. The second-order valence-corrected chi connectivity index (χ2v) is 14.3. The molecule has 2 heterocycles. The van der Waals surface area contributed by atoms with E-state index in [0.29, 0.717) is 34.7 Å². The maximum Gasteiger partial charge on any atom is 0.227 e. The highest BCUT2D eigenvalue weighted by Gasteiger charge is 2.43. The number of aromatic nitrogens is 1. The standard InChI is InChI=1S/C35H19F6NOSi/c36-22-11-23(37)15-29(14-22)44(30-16-24(38)12-25(39)17-30,31-18-26(40)13-27(41)19-31)28-6-3-20(4-7-28)21-5-8-32-33-2-1-9-42-35(33)43-34(32)10-21/h1-19H. The molecule has 0 radical (unpaired) electrons. The van der Waals surface area contributed by atoms with Crippen LogP contribution in [-0.2, 0) is 0 Å². The van der Waals surface area contributed by atoms with Gasteiger partial charge in [0.05, 0.1) is 0 Å². The van der Waals surface area contributed by atoms with Gasteiger partial charge in [0.15, 0.2) is 8.07 Å². The van der Waals surface area contributed by atoms with Crippen molar-refractivity contribution in [2.24, 2.45) is 0 Å². The van der Waals surface area contributed by atoms with E-state index in [1.54, 1.807) is 30.5 Å². The van der Waals surface area contributed by atoms with E-state index in [2.05, 4.69) is 4.98 Å². The van der Waals surface area contributed by atoms with Gasteiger partial charge in [-0.05, 0) is 92.5 Å². The minimum atomic E-state index is -4.14. The third-order valence-electron chi connectivity index (χ3n) is 7.79. The lowest BCUT2D eigenvalue weighted by Crippen LogP contribution is -2.75. The molecule has 0 N–H and O–H groups in total. The predicted molar refractivity (Wildman–Crippen MR) is 160 cm³/mol. The molecule has 0 saturated heterocycles. The Kier molecular flexibility index (Phi) is 6.62. The molecular weight excluding hydrogens is 592 g/mol. The normalized spacial score (nSPS) is 11.9. The second-order valence-electron chi connectivity index (χ2n) is 10.5. The summed E-state index contributed by atoms with van der Waals surface area (Å²) in [5, 5.41) is 2.16. The third kappa shape index (κ3) is 4.66. The number of halogens is 6. The number of hydrogen-bond acceptors (Lipinski definition) is 2. The minimum Gasteiger partial charge on any atom is -0.438 e. The lowest BCUT2D eigenvalue weighted by molar-refractivity contribution is 0.585. The van der Waals surface area contributed by atoms with E-state index < -0.39 is 43.0 Å². The number of benzene rings is 5. The number of furan rings is 1. The van der Waals surface area contributed by atoms with Crippen molar-refractivity contribution in [1.82, 2.24) is 4.98 Å². The minimum absolute atomic E-state index is 0.00828. The number of fused-ring (bicyclic) bond motifs is 3. The molecule has 7 aromatic rings. The summed E-state index contributed by atoms with van der Waals surface area (Å²) in [5.41, 5.74) is 2.62. The summed E-state index contributed by atoms with van der Waals surface area (Å²) in [6.07, 6.45) is 1.64. The number of pyridine rings is 1. The van der Waals surface area contributed by atoms with Crippen LogP contribution in [-0.4, -0.2) is 13.1 Å². The molecule has 0 bridgehead atoms. The van der Waals surface area contributed by atoms with E-state index in [-0.39, 0.29) is 15.6 Å². The van der Waals surface area contributed by atoms with Crippen molar-refractivity contribution >= 4 is 50.9 Å². The molecule has 2 aromatic heterocycles. The fourth-order valence-electron chi connectivity index (χ4n) is 6.01. The summed E-state index contributed by atoms with van der Waals surface area (Å²) in [4.78, 5) is 4.26. The van der Waals surface area contributed by atoms with Crippen molar-refractivity contribution in [3.63, 3.8) is 0 Å². The van der Waals surface area contributed by atoms with Crippen LogP contribution in [0.1, 0.15) is 0 Å². The van der Waals surface area contributed by atoms with E-state index >= 15 is 0 Å². The Morgan fingerprint density at radius 2 is 0.932 bits per heavy atom. The first-order valence-corrected chi connectivity index (χ1v) is 15.5. The van der Waals surface area contributed by atoms with Crippen LogP contribution in [0.2, 0.25) is 0 Å². The monoisotopic (exact) mass is 611 g/mol. The van der Waals surface area contributed by atoms with Gasteiger partial charge in [-0.3, -0.25) is 0 Å². The zero-order valence-electron chi connectivity index (χ0n) is 22.6. The molecular formula is C35H19F6NOSi. The Labute approximate surface area is 247 Å². The molecule has 0 atom stereocenters. The molecule has 0 aliphatic heterocycles. The van der Waals surface area contributed by atoms with E-state index in [0.717, 1.165) is 58.3 Å². The molecule has 5 aromatic carbocycles. The quantitative estimate of drug-likeness (QED) is 0.121. The lowest BCUT2D eigenvalue weighted by Gasteiger charge is -2.34. The van der Waals surface area contributed by atoms with Gasteiger partial charge in [-0.2, -0.15) is 0 Å². The van der Waals surface area contributed by atoms with Crippen LogP contribution in [0, 0.1) is 34.9 Å². The SMILES string of the molecule is Fc1cc(F)cc([Si](c2ccc(-c3ccc4c(c3)oc3ncccc34)cc2)(c2cc(F)cc(F)c2)c2cc(F)cc(F)c2)c1. The Hall–Kier alpha value is -5.15. The van der Waals surface area contributed by atoms with Gasteiger partial charge < -0.3 is 4.42 Å². The van der Waals surface area contributed by atoms with Gasteiger partial charge in [-0.25, -0.2) is 31.3 Å². The maximum atomic E-state index is 14.8. The summed E-state index contributed by atoms with van der Waals surface area (Å²) >= 11 is 0. The van der Waals surface area contributed by atoms with E-state index in [4.69, 9.17) is 4.42 Å². The van der Waals surface area contributed by atoms with Crippen LogP contribution in [0.5, 0.6) is 0 Å². The van der Waals surface area contributed by atoms with Crippen molar-refractivity contribution in [1.29, 1.82) is 0 Å². The highest BCUT2D eigenvalue weighted by Crippen LogP contribution is 2.31. The van der Waals surface area contributed by atoms with Crippen LogP contribution in [0.3, 0.4) is 0 Å². The first-order chi connectivity index (χ1) is 21.2. The van der Waals surface area contributed by atoms with Crippen LogP contribution in [0.15, 0.2) is 120 Å². The summed E-state index contributed by atoms with van der Waals surface area (Å²) in [6.45, 7) is 0. The molecule has 0 saturated carbocycles. The lowest BCUT2D eigenvalue weighted by atomic mass is 10.0. The molecule has 0 unspecified atom stereocenters. The van der Waals surface area contributed by atoms with Gasteiger partial charge in [0.2, 0.25) is 5.71 Å². The Bertz CT molecular complexity index is 2030. The molecule has 0 spiro atoms. The van der Waals surface area contributed by atoms with E-state index in [9.17, 15) is 26.3 Å². The van der Waals surface area contributed by atoms with Gasteiger partial charge >= 0.3 is 0 Å². The highest BCUT2D eigenvalue weighted by molar-refractivity contribution is 7.19. The Morgan fingerprint density at radius 1 is 0.455 bits per heavy atom. The van der Waals surface area contributed by atoms with Crippen molar-refractivity contribution in [2.75, 3.05) is 0 Å². The number of hydrogen-bond donors (Lipinski definition) is 0. The molecule has 0 fully saturated rings. The first-order valence-electron chi connectivity index (χ1n) is 13.5. The predicted octanol–water partition coefficient (Wildman–Crippen LogP) is 6.86. The van der Waals surface area contributed by atoms with Crippen LogP contribution in [0.25, 0.3) is 33.2 Å². The molecule has 0 aliphatic rings. The van der Waals surface area contributed by atoms with Gasteiger partial charge in [0.1, 0.15) is 40.5 Å². The van der Waals surface area contributed by atoms with Crippen LogP contribution < -0.4 is 20.7 Å². The Morgan fingerprint density at radius 3 is 1.43 bits per heavy atom. The average molecular weight is 612 g/mol. The molecule has 216 valence electrons. The number of rotatable bonds is 5. The largest absolute Gasteiger partial charge is 0.438 e. The molecule has 9 heteroatoms. The molecule has 0 amide bonds. The average Bonchev–Trinajstić information content (AvgIpc) is 3.34. The fraction of sp³-hybridized carbons (Fsp3) is 0. The number of nitrogens with zero attached hydrogens (tertiary/aromatic N) is 1. The van der Waals surface area contributed by atoms with Crippen molar-refractivity contribution in [3.8, 4) is 11.1 Å². The van der Waals surface area contributed by atoms with Crippen molar-refractivity contribution < 1.29 is 30.8 Å². The van der Waals surface area contributed by atoms with E-state index in [1.807, 2.05) is 30.3 Å². The van der Waals surface area contributed by atoms with Crippen LogP contribution >= 0.6 is 0 Å². The molecule has 7 rings (SSSR count). The van der Waals surface area contributed by atoms with Crippen LogP contribution in [0.4, 0.5) is 26.3 Å². The van der Waals surface area contributed by atoms with E-state index in [1.165, 1.54) is 0 Å². The first kappa shape index (κ1) is 27.7. The zero-order valence-corrected chi connectivity index (χ0v) is 23.6. The maximum absolute atomic E-state index is 14.8. The topological polar surface area (TPSA) is 26.0 Å². The molecule has 44 heavy (non-hydrogen) atoms. The van der Waals surface area contributed by atoms with Crippen molar-refractivity contribution in [3.05, 3.63) is 150 Å². The summed E-state index contributed by atoms with van der Waals surface area (Å²) in [7, 11) is -4.14. The van der Waals surface area contributed by atoms with Crippen molar-refractivity contribution in [2.45, 2.75) is 0 Å². The summed E-state index contributed by atoms with van der Waals surface area (Å²) in [6, 6.07) is 24.4. The van der Waals surface area contributed by atoms with Gasteiger partial charge in [0.25, 0.3) is 0 Å². The Balaban J connectivity index is 1.48. The van der Waals surface area contributed by atoms with Gasteiger partial charge in [-0.15, -0.1) is 0 Å². The summed E-state index contributed by atoms with van der Waals surface area (Å²) in [5.74, 6) is -5.69. The fourth-order valence-corrected chi connectivity index (χ4v) is 10.8. The smallest absolute Gasteiger partial charge is 0.227 e. The van der Waals surface area contributed by atoms with Gasteiger partial charge in [0, 0.05) is 35.2 Å². The third-order valence-corrected chi connectivity index (χ3v) is 12.5.